The molecule has 6 aromatic rings. The summed E-state index contributed by atoms with van der Waals surface area (Å²) in [7, 11) is 0. The van der Waals surface area contributed by atoms with Crippen LogP contribution in [0.5, 0.6) is 34.5 Å². The first kappa shape index (κ1) is 45.6. The number of ether oxygens (including phenoxy) is 4. The Morgan fingerprint density at radius 2 is 0.516 bits per heavy atom. The minimum atomic E-state index is -0.608. The van der Waals surface area contributed by atoms with E-state index in [2.05, 4.69) is 156 Å². The molecule has 0 saturated carbocycles. The molecule has 2 N–H and O–H groups in total. The standard InChI is InChI=1S/C56H66O6/c1-33-25-45(26-34(2)49(33)55(13,14)61-47-29-37(5)51(57)38(6)30-47)59-53(9,10)43-21-17-41(18-22-43)42-19-23-44(24-20-42)54(11,12)60-46-27-35(3)50(36(4)28-46)56(15,16)62-48-31-39(7)52(58)40(8)32-48/h17-32,57-58H,1-16H3. The molecule has 0 bridgehead atoms. The molecule has 0 saturated heterocycles. The summed E-state index contributed by atoms with van der Waals surface area (Å²) < 4.78 is 26.5. The van der Waals surface area contributed by atoms with Crippen LogP contribution >= 0.6 is 0 Å². The minimum Gasteiger partial charge on any atom is -0.507 e. The highest BCUT2D eigenvalue weighted by atomic mass is 16.5. The maximum absolute atomic E-state index is 10.3. The van der Waals surface area contributed by atoms with Crippen molar-refractivity contribution >= 4 is 0 Å². The second-order valence-electron chi connectivity index (χ2n) is 19.3. The quantitative estimate of drug-likeness (QED) is 0.121. The highest BCUT2D eigenvalue weighted by molar-refractivity contribution is 5.64. The largest absolute Gasteiger partial charge is 0.507 e. The van der Waals surface area contributed by atoms with Gasteiger partial charge in [0.1, 0.15) is 56.9 Å². The fraction of sp³-hybridized carbons (Fsp3) is 0.357. The molecule has 0 amide bonds. The number of hydrogen-bond acceptors (Lipinski definition) is 6. The molecule has 0 fully saturated rings. The van der Waals surface area contributed by atoms with E-state index in [1.54, 1.807) is 0 Å². The average Bonchev–Trinajstić information content (AvgIpc) is 3.14. The van der Waals surface area contributed by atoms with E-state index < -0.39 is 22.4 Å². The number of hydrogen-bond donors (Lipinski definition) is 2. The van der Waals surface area contributed by atoms with E-state index in [4.69, 9.17) is 18.9 Å². The van der Waals surface area contributed by atoms with Gasteiger partial charge in [0, 0.05) is 11.1 Å². The van der Waals surface area contributed by atoms with Gasteiger partial charge in [-0.2, -0.15) is 0 Å². The zero-order valence-electron chi connectivity index (χ0n) is 39.8. The molecule has 6 nitrogen and oxygen atoms in total. The maximum atomic E-state index is 10.3. The Balaban J connectivity index is 1.12. The topological polar surface area (TPSA) is 77.4 Å². The molecule has 0 unspecified atom stereocenters. The summed E-state index contributed by atoms with van der Waals surface area (Å²) in [4.78, 5) is 0. The predicted octanol–water partition coefficient (Wildman–Crippen LogP) is 14.5. The lowest BCUT2D eigenvalue weighted by Gasteiger charge is -2.32. The third kappa shape index (κ3) is 9.60. The van der Waals surface area contributed by atoms with E-state index in [0.29, 0.717) is 11.5 Å². The van der Waals surface area contributed by atoms with Crippen molar-refractivity contribution in [3.05, 3.63) is 164 Å². The second-order valence-corrected chi connectivity index (χ2v) is 19.3. The summed E-state index contributed by atoms with van der Waals surface area (Å²) in [5.74, 6) is 3.68. The fourth-order valence-electron chi connectivity index (χ4n) is 9.34. The number of rotatable bonds is 13. The average molecular weight is 835 g/mol. The van der Waals surface area contributed by atoms with Crippen molar-refractivity contribution in [1.29, 1.82) is 0 Å². The van der Waals surface area contributed by atoms with E-state index in [1.165, 1.54) is 0 Å². The van der Waals surface area contributed by atoms with E-state index >= 15 is 0 Å². The Morgan fingerprint density at radius 3 is 0.758 bits per heavy atom. The van der Waals surface area contributed by atoms with Crippen LogP contribution in [0.4, 0.5) is 0 Å². The molecular formula is C56H66O6. The number of aromatic hydroxyl groups is 2. The van der Waals surface area contributed by atoms with Crippen molar-refractivity contribution in [2.24, 2.45) is 0 Å². The van der Waals surface area contributed by atoms with Crippen molar-refractivity contribution in [2.75, 3.05) is 0 Å². The summed E-state index contributed by atoms with van der Waals surface area (Å²) in [5.41, 5.74) is 11.8. The van der Waals surface area contributed by atoms with E-state index in [9.17, 15) is 10.2 Å². The molecule has 0 heterocycles. The number of benzene rings is 6. The van der Waals surface area contributed by atoms with Crippen LogP contribution in [0.25, 0.3) is 11.1 Å². The smallest absolute Gasteiger partial charge is 0.129 e. The Hall–Kier alpha value is -5.88. The first-order chi connectivity index (χ1) is 28.8. The molecule has 6 heteroatoms. The first-order valence-electron chi connectivity index (χ1n) is 21.6. The summed E-state index contributed by atoms with van der Waals surface area (Å²) in [6.45, 7) is 32.7. The van der Waals surface area contributed by atoms with Gasteiger partial charge in [-0.15, -0.1) is 0 Å². The van der Waals surface area contributed by atoms with Crippen molar-refractivity contribution in [3.63, 3.8) is 0 Å². The van der Waals surface area contributed by atoms with E-state index in [1.807, 2.05) is 52.0 Å². The van der Waals surface area contributed by atoms with Crippen LogP contribution in [0, 0.1) is 55.4 Å². The van der Waals surface area contributed by atoms with Gasteiger partial charge in [0.2, 0.25) is 0 Å². The normalized spacial score (nSPS) is 12.3. The molecule has 326 valence electrons. The highest BCUT2D eigenvalue weighted by Gasteiger charge is 2.31. The Morgan fingerprint density at radius 1 is 0.306 bits per heavy atom. The van der Waals surface area contributed by atoms with Crippen molar-refractivity contribution < 1.29 is 29.2 Å². The first-order valence-corrected chi connectivity index (χ1v) is 21.6. The maximum Gasteiger partial charge on any atom is 0.129 e. The van der Waals surface area contributed by atoms with Gasteiger partial charge in [-0.05, 0) is 226 Å². The zero-order valence-corrected chi connectivity index (χ0v) is 39.8. The van der Waals surface area contributed by atoms with Gasteiger partial charge in [0.05, 0.1) is 0 Å². The van der Waals surface area contributed by atoms with Crippen LogP contribution in [0.2, 0.25) is 0 Å². The molecule has 0 aliphatic carbocycles. The van der Waals surface area contributed by atoms with Gasteiger partial charge >= 0.3 is 0 Å². The molecule has 0 spiro atoms. The lowest BCUT2D eigenvalue weighted by atomic mass is 9.88. The monoisotopic (exact) mass is 834 g/mol. The van der Waals surface area contributed by atoms with Gasteiger partial charge in [-0.1, -0.05) is 48.5 Å². The van der Waals surface area contributed by atoms with E-state index in [0.717, 1.165) is 101 Å². The highest BCUT2D eigenvalue weighted by Crippen LogP contribution is 2.41. The molecule has 62 heavy (non-hydrogen) atoms. The molecular weight excluding hydrogens is 769 g/mol. The van der Waals surface area contributed by atoms with Crippen molar-refractivity contribution in [2.45, 2.75) is 133 Å². The summed E-state index contributed by atoms with van der Waals surface area (Å²) in [6, 6.07) is 33.2. The van der Waals surface area contributed by atoms with Crippen LogP contribution in [0.3, 0.4) is 0 Å². The zero-order chi connectivity index (χ0) is 45.7. The lowest BCUT2D eigenvalue weighted by molar-refractivity contribution is 0.102. The van der Waals surface area contributed by atoms with E-state index in [-0.39, 0.29) is 0 Å². The molecule has 6 rings (SSSR count). The summed E-state index contributed by atoms with van der Waals surface area (Å²) in [5, 5.41) is 20.5. The number of aryl methyl sites for hydroxylation is 8. The molecule has 0 atom stereocenters. The third-order valence-electron chi connectivity index (χ3n) is 12.1. The molecule has 0 radical (unpaired) electrons. The molecule has 0 aliphatic heterocycles. The van der Waals surface area contributed by atoms with Crippen molar-refractivity contribution in [1.82, 2.24) is 0 Å². The summed E-state index contributed by atoms with van der Waals surface area (Å²) in [6.07, 6.45) is 0. The van der Waals surface area contributed by atoms with Crippen LogP contribution in [0.1, 0.15) is 122 Å². The van der Waals surface area contributed by atoms with Gasteiger partial charge in [-0.25, -0.2) is 0 Å². The Kier molecular flexibility index (Phi) is 12.3. The van der Waals surface area contributed by atoms with Crippen LogP contribution in [0.15, 0.2) is 97.1 Å². The molecule has 0 aromatic heterocycles. The van der Waals surface area contributed by atoms with Gasteiger partial charge in [0.15, 0.2) is 0 Å². The second kappa shape index (κ2) is 16.8. The van der Waals surface area contributed by atoms with Crippen LogP contribution in [-0.4, -0.2) is 10.2 Å². The minimum absolute atomic E-state index is 0.303. The van der Waals surface area contributed by atoms with Crippen LogP contribution < -0.4 is 18.9 Å². The summed E-state index contributed by atoms with van der Waals surface area (Å²) >= 11 is 0. The van der Waals surface area contributed by atoms with Gasteiger partial charge < -0.3 is 29.2 Å². The lowest BCUT2D eigenvalue weighted by Crippen LogP contribution is -2.28. The van der Waals surface area contributed by atoms with Gasteiger partial charge in [0.25, 0.3) is 0 Å². The fourth-order valence-corrected chi connectivity index (χ4v) is 9.34. The third-order valence-corrected chi connectivity index (χ3v) is 12.1. The Bertz CT molecular complexity index is 2330. The van der Waals surface area contributed by atoms with Gasteiger partial charge in [-0.3, -0.25) is 0 Å². The number of phenolic OH excluding ortho intramolecular Hbond substituents is 2. The molecule has 6 aromatic carbocycles. The van der Waals surface area contributed by atoms with Crippen LogP contribution in [-0.2, 0) is 22.4 Å². The molecule has 0 aliphatic rings. The SMILES string of the molecule is Cc1cc(OC(C)(C)c2c(C)cc(OC(C)(C)c3ccc(-c4ccc(C(C)(C)Oc5cc(C)c(C(C)(C)Oc6cc(C)c(O)c(C)c6)c(C)c5)cc4)cc3)cc2C)cc(C)c1O. The predicted molar refractivity (Wildman–Crippen MR) is 253 cm³/mol. The van der Waals surface area contributed by atoms with Crippen molar-refractivity contribution in [3.8, 4) is 45.6 Å². The number of phenols is 2. The Labute approximate surface area is 370 Å².